The quantitative estimate of drug-likeness (QED) is 0.608. The predicted octanol–water partition coefficient (Wildman–Crippen LogP) is 3.29. The van der Waals surface area contributed by atoms with E-state index in [1.54, 1.807) is 36.7 Å². The third-order valence-corrected chi connectivity index (χ3v) is 5.55. The Morgan fingerprint density at radius 1 is 1.32 bits per heavy atom. The molecule has 1 atom stereocenters. The van der Waals surface area contributed by atoms with Gasteiger partial charge < -0.3 is 14.5 Å². The maximum absolute atomic E-state index is 12.9. The highest BCUT2D eigenvalue weighted by Crippen LogP contribution is 2.24. The van der Waals surface area contributed by atoms with E-state index in [2.05, 4.69) is 9.97 Å². The highest BCUT2D eigenvalue weighted by Gasteiger charge is 2.32. The van der Waals surface area contributed by atoms with Gasteiger partial charge in [-0.25, -0.2) is 14.8 Å². The standard InChI is InChI=1S/C22H24ClN5O3/c1-16-14-17(7-8-18(16)23)27(13-4-9-24)20(29)15-31-21(30)19-6-2-3-12-28(19)22-25-10-5-11-26-22/h5,7-8,10-11,14,19H,2-4,6,12-13,15H2,1H3. The van der Waals surface area contributed by atoms with E-state index in [4.69, 9.17) is 21.6 Å². The highest BCUT2D eigenvalue weighted by molar-refractivity contribution is 6.31. The largest absolute Gasteiger partial charge is 0.454 e. The fraction of sp³-hybridized carbons (Fsp3) is 0.409. The highest BCUT2D eigenvalue weighted by atomic mass is 35.5. The Kier molecular flexibility index (Phi) is 7.79. The first kappa shape index (κ1) is 22.5. The number of hydrogen-bond acceptors (Lipinski definition) is 7. The van der Waals surface area contributed by atoms with Gasteiger partial charge in [0.05, 0.1) is 12.5 Å². The Hall–Kier alpha value is -3.18. The Labute approximate surface area is 186 Å². The summed E-state index contributed by atoms with van der Waals surface area (Å²) in [5, 5.41) is 9.54. The number of aromatic nitrogens is 2. The number of carbonyl (C=O) groups excluding carboxylic acids is 2. The van der Waals surface area contributed by atoms with Crippen molar-refractivity contribution in [3.63, 3.8) is 0 Å². The van der Waals surface area contributed by atoms with Gasteiger partial charge >= 0.3 is 5.97 Å². The van der Waals surface area contributed by atoms with Crippen LogP contribution in [0.2, 0.25) is 5.02 Å². The van der Waals surface area contributed by atoms with E-state index >= 15 is 0 Å². The molecule has 0 radical (unpaired) electrons. The van der Waals surface area contributed by atoms with E-state index in [-0.39, 0.29) is 13.0 Å². The molecule has 1 amide bonds. The average molecular weight is 442 g/mol. The van der Waals surface area contributed by atoms with Crippen molar-refractivity contribution in [3.05, 3.63) is 47.2 Å². The SMILES string of the molecule is Cc1cc(N(CCC#N)C(=O)COC(=O)C2CCCCN2c2ncccn2)ccc1Cl. The second kappa shape index (κ2) is 10.7. The Balaban J connectivity index is 1.68. The number of amides is 1. The fourth-order valence-corrected chi connectivity index (χ4v) is 3.64. The maximum atomic E-state index is 12.9. The van der Waals surface area contributed by atoms with E-state index in [0.29, 0.717) is 29.6 Å². The van der Waals surface area contributed by atoms with Gasteiger partial charge in [-0.05, 0) is 56.0 Å². The number of ether oxygens (including phenoxy) is 1. The van der Waals surface area contributed by atoms with Crippen LogP contribution in [0, 0.1) is 18.3 Å². The van der Waals surface area contributed by atoms with Crippen molar-refractivity contribution in [3.8, 4) is 6.07 Å². The van der Waals surface area contributed by atoms with Crippen molar-refractivity contribution in [2.24, 2.45) is 0 Å². The molecule has 0 aliphatic carbocycles. The Morgan fingerprint density at radius 3 is 2.81 bits per heavy atom. The lowest BCUT2D eigenvalue weighted by molar-refractivity contribution is -0.149. The zero-order valence-electron chi connectivity index (χ0n) is 17.3. The van der Waals surface area contributed by atoms with Gasteiger partial charge in [0.2, 0.25) is 5.95 Å². The van der Waals surface area contributed by atoms with Crippen molar-refractivity contribution >= 4 is 35.1 Å². The first-order chi connectivity index (χ1) is 15.0. The monoisotopic (exact) mass is 441 g/mol. The van der Waals surface area contributed by atoms with Gasteiger partial charge in [-0.15, -0.1) is 0 Å². The summed E-state index contributed by atoms with van der Waals surface area (Å²) in [7, 11) is 0. The minimum Gasteiger partial charge on any atom is -0.454 e. The number of hydrogen-bond donors (Lipinski definition) is 0. The molecule has 1 aliphatic heterocycles. The molecule has 0 N–H and O–H groups in total. The second-order valence-electron chi connectivity index (χ2n) is 7.25. The van der Waals surface area contributed by atoms with Crippen molar-refractivity contribution in [1.29, 1.82) is 5.26 Å². The van der Waals surface area contributed by atoms with Crippen LogP contribution in [0.15, 0.2) is 36.7 Å². The number of piperidine rings is 1. The van der Waals surface area contributed by atoms with E-state index in [9.17, 15) is 9.59 Å². The van der Waals surface area contributed by atoms with Crippen molar-refractivity contribution in [2.45, 2.75) is 38.6 Å². The van der Waals surface area contributed by atoms with E-state index in [0.717, 1.165) is 18.4 Å². The van der Waals surface area contributed by atoms with Gasteiger partial charge in [-0.3, -0.25) is 4.79 Å². The summed E-state index contributed by atoms with van der Waals surface area (Å²) in [6, 6.07) is 8.41. The normalized spacial score (nSPS) is 15.8. The van der Waals surface area contributed by atoms with Gasteiger partial charge in [-0.2, -0.15) is 5.26 Å². The zero-order valence-corrected chi connectivity index (χ0v) is 18.1. The number of nitrogens with zero attached hydrogens (tertiary/aromatic N) is 5. The number of esters is 1. The molecule has 8 nitrogen and oxygen atoms in total. The molecule has 162 valence electrons. The fourth-order valence-electron chi connectivity index (χ4n) is 3.52. The molecular formula is C22H24ClN5O3. The number of aryl methyl sites for hydroxylation is 1. The number of halogens is 1. The van der Waals surface area contributed by atoms with Crippen LogP contribution in [0.4, 0.5) is 11.6 Å². The third kappa shape index (κ3) is 5.70. The molecule has 3 rings (SSSR count). The van der Waals surface area contributed by atoms with Crippen LogP contribution in [0.1, 0.15) is 31.2 Å². The summed E-state index contributed by atoms with van der Waals surface area (Å²) in [4.78, 5) is 37.4. The molecule has 1 aliphatic rings. The minimum atomic E-state index is -0.533. The van der Waals surface area contributed by atoms with Gasteiger partial charge in [-0.1, -0.05) is 11.6 Å². The lowest BCUT2D eigenvalue weighted by Gasteiger charge is -2.34. The molecule has 1 aromatic carbocycles. The van der Waals surface area contributed by atoms with E-state index < -0.39 is 24.5 Å². The molecule has 31 heavy (non-hydrogen) atoms. The summed E-state index contributed by atoms with van der Waals surface area (Å²) in [6.07, 6.45) is 5.84. The first-order valence-electron chi connectivity index (χ1n) is 10.1. The van der Waals surface area contributed by atoms with Crippen LogP contribution in [-0.4, -0.2) is 47.6 Å². The number of nitriles is 1. The molecule has 2 heterocycles. The summed E-state index contributed by atoms with van der Waals surface area (Å²) < 4.78 is 5.40. The molecule has 1 fully saturated rings. The summed E-state index contributed by atoms with van der Waals surface area (Å²) >= 11 is 6.08. The van der Waals surface area contributed by atoms with Crippen LogP contribution in [0.3, 0.4) is 0 Å². The van der Waals surface area contributed by atoms with Crippen LogP contribution in [0.25, 0.3) is 0 Å². The van der Waals surface area contributed by atoms with Crippen LogP contribution >= 0.6 is 11.6 Å². The smallest absolute Gasteiger partial charge is 0.329 e. The predicted molar refractivity (Wildman–Crippen MR) is 117 cm³/mol. The van der Waals surface area contributed by atoms with Crippen molar-refractivity contribution in [2.75, 3.05) is 29.5 Å². The molecule has 1 aromatic heterocycles. The topological polar surface area (TPSA) is 99.4 Å². The summed E-state index contributed by atoms with van der Waals surface area (Å²) in [6.45, 7) is 2.27. The van der Waals surface area contributed by atoms with Crippen LogP contribution in [0.5, 0.6) is 0 Å². The van der Waals surface area contributed by atoms with Crippen molar-refractivity contribution < 1.29 is 14.3 Å². The molecule has 9 heteroatoms. The van der Waals surface area contributed by atoms with Gasteiger partial charge in [0.1, 0.15) is 6.04 Å². The molecule has 0 spiro atoms. The van der Waals surface area contributed by atoms with Crippen molar-refractivity contribution in [1.82, 2.24) is 9.97 Å². The Morgan fingerprint density at radius 2 is 2.10 bits per heavy atom. The number of anilines is 2. The van der Waals surface area contributed by atoms with Gasteiger partial charge in [0.15, 0.2) is 6.61 Å². The van der Waals surface area contributed by atoms with Gasteiger partial charge in [0.25, 0.3) is 5.91 Å². The maximum Gasteiger partial charge on any atom is 0.329 e. The van der Waals surface area contributed by atoms with Crippen LogP contribution in [-0.2, 0) is 14.3 Å². The Bertz CT molecular complexity index is 963. The minimum absolute atomic E-state index is 0.156. The van der Waals surface area contributed by atoms with E-state index in [1.165, 1.54) is 4.90 Å². The molecule has 1 unspecified atom stereocenters. The summed E-state index contributed by atoms with van der Waals surface area (Å²) in [5.41, 5.74) is 1.42. The third-order valence-electron chi connectivity index (χ3n) is 5.12. The number of carbonyl (C=O) groups is 2. The second-order valence-corrected chi connectivity index (χ2v) is 7.66. The van der Waals surface area contributed by atoms with Crippen LogP contribution < -0.4 is 9.80 Å². The summed E-state index contributed by atoms with van der Waals surface area (Å²) in [5.74, 6) is -0.403. The van der Waals surface area contributed by atoms with E-state index in [1.807, 2.05) is 17.9 Å². The van der Waals surface area contributed by atoms with Gasteiger partial charge in [0, 0.05) is 36.2 Å². The molecular weight excluding hydrogens is 418 g/mol. The first-order valence-corrected chi connectivity index (χ1v) is 10.5. The lowest BCUT2D eigenvalue weighted by Crippen LogP contribution is -2.47. The lowest BCUT2D eigenvalue weighted by atomic mass is 10.0. The number of rotatable bonds is 7. The molecule has 1 saturated heterocycles. The number of benzene rings is 1. The average Bonchev–Trinajstić information content (AvgIpc) is 2.80. The zero-order chi connectivity index (χ0) is 22.2. The molecule has 0 bridgehead atoms. The molecule has 0 saturated carbocycles. The molecule has 2 aromatic rings.